The van der Waals surface area contributed by atoms with Gasteiger partial charge in [-0.2, -0.15) is 0 Å². The second-order valence-electron chi connectivity index (χ2n) is 4.85. The molecule has 0 aliphatic carbocycles. The summed E-state index contributed by atoms with van der Waals surface area (Å²) in [6.07, 6.45) is 1.23. The van der Waals surface area contributed by atoms with Crippen LogP contribution in [0.25, 0.3) is 0 Å². The van der Waals surface area contributed by atoms with Crippen LogP contribution in [0, 0.1) is 0 Å². The Morgan fingerprint density at radius 1 is 1.39 bits per heavy atom. The first kappa shape index (κ1) is 14.1. The molecule has 0 saturated carbocycles. The molecule has 0 aliphatic heterocycles. The number of para-hydroxylation sites is 1. The summed E-state index contributed by atoms with van der Waals surface area (Å²) >= 11 is 0. The van der Waals surface area contributed by atoms with Gasteiger partial charge in [0.1, 0.15) is 5.60 Å². The summed E-state index contributed by atoms with van der Waals surface area (Å²) in [6, 6.07) is 9.54. The highest BCUT2D eigenvalue weighted by Crippen LogP contribution is 2.12. The molecule has 0 atom stereocenters. The van der Waals surface area contributed by atoms with Gasteiger partial charge in [0.2, 0.25) is 0 Å². The molecule has 0 heterocycles. The van der Waals surface area contributed by atoms with Crippen LogP contribution in [0.2, 0.25) is 0 Å². The maximum Gasteiger partial charge on any atom is 0.426 e. The summed E-state index contributed by atoms with van der Waals surface area (Å²) in [7, 11) is 0. The maximum atomic E-state index is 11.7. The van der Waals surface area contributed by atoms with Crippen LogP contribution in [0.5, 0.6) is 0 Å². The van der Waals surface area contributed by atoms with Gasteiger partial charge in [0.15, 0.2) is 0 Å². The first-order chi connectivity index (χ1) is 8.42. The van der Waals surface area contributed by atoms with Crippen molar-refractivity contribution in [2.24, 2.45) is 0 Å². The van der Waals surface area contributed by atoms with Crippen LogP contribution in [-0.4, -0.2) is 18.2 Å². The Bertz CT molecular complexity index is 396. The van der Waals surface area contributed by atoms with E-state index in [1.165, 1.54) is 0 Å². The number of benzene rings is 1. The summed E-state index contributed by atoms with van der Waals surface area (Å²) in [5, 5.41) is 1.68. The number of amides is 1. The molecule has 4 nitrogen and oxygen atoms in total. The predicted molar refractivity (Wildman–Crippen MR) is 73.4 cm³/mol. The Labute approximate surface area is 108 Å². The van der Waals surface area contributed by atoms with Gasteiger partial charge in [-0.15, -0.1) is 6.58 Å². The molecule has 0 unspecified atom stereocenters. The SMILES string of the molecule is C=CCN(NC(=O)OC(C)(C)C)c1ccccc1. The van der Waals surface area contributed by atoms with Gasteiger partial charge in [-0.1, -0.05) is 24.3 Å². The normalized spacial score (nSPS) is 10.6. The monoisotopic (exact) mass is 248 g/mol. The van der Waals surface area contributed by atoms with Crippen LogP contribution in [0.15, 0.2) is 43.0 Å². The van der Waals surface area contributed by atoms with Gasteiger partial charge in [-0.25, -0.2) is 10.2 Å². The lowest BCUT2D eigenvalue weighted by Crippen LogP contribution is -2.45. The third-order valence-corrected chi connectivity index (χ3v) is 2.00. The number of carbonyl (C=O) groups excluding carboxylic acids is 1. The molecule has 0 fully saturated rings. The summed E-state index contributed by atoms with van der Waals surface area (Å²) in [5.41, 5.74) is 3.06. The van der Waals surface area contributed by atoms with Crippen LogP contribution in [-0.2, 0) is 4.74 Å². The minimum absolute atomic E-state index is 0.479. The fourth-order valence-electron chi connectivity index (χ4n) is 1.36. The topological polar surface area (TPSA) is 41.6 Å². The molecule has 0 saturated heterocycles. The lowest BCUT2D eigenvalue weighted by molar-refractivity contribution is 0.0522. The van der Waals surface area contributed by atoms with Gasteiger partial charge in [-0.05, 0) is 32.9 Å². The minimum Gasteiger partial charge on any atom is -0.443 e. The summed E-state index contributed by atoms with van der Waals surface area (Å²) < 4.78 is 5.21. The van der Waals surface area contributed by atoms with E-state index in [2.05, 4.69) is 12.0 Å². The van der Waals surface area contributed by atoms with Crippen molar-refractivity contribution < 1.29 is 9.53 Å². The number of rotatable bonds is 4. The van der Waals surface area contributed by atoms with Crippen molar-refractivity contribution in [2.75, 3.05) is 11.6 Å². The van der Waals surface area contributed by atoms with Crippen LogP contribution in [0.3, 0.4) is 0 Å². The van der Waals surface area contributed by atoms with E-state index in [1.807, 2.05) is 51.1 Å². The Balaban J connectivity index is 2.70. The second kappa shape index (κ2) is 6.10. The molecular formula is C14H20N2O2. The van der Waals surface area contributed by atoms with Crippen molar-refractivity contribution in [3.8, 4) is 0 Å². The highest BCUT2D eigenvalue weighted by molar-refractivity contribution is 5.70. The van der Waals surface area contributed by atoms with Crippen molar-refractivity contribution in [1.82, 2.24) is 5.43 Å². The standard InChI is InChI=1S/C14H20N2O2/c1-5-11-16(12-9-7-6-8-10-12)15-13(17)18-14(2,3)4/h5-10H,1,11H2,2-4H3,(H,15,17). The largest absolute Gasteiger partial charge is 0.443 e. The van der Waals surface area contributed by atoms with Gasteiger partial charge >= 0.3 is 6.09 Å². The Hall–Kier alpha value is -1.97. The van der Waals surface area contributed by atoms with Crippen LogP contribution >= 0.6 is 0 Å². The van der Waals surface area contributed by atoms with Crippen LogP contribution < -0.4 is 10.4 Å². The van der Waals surface area contributed by atoms with E-state index in [0.717, 1.165) is 5.69 Å². The highest BCUT2D eigenvalue weighted by Gasteiger charge is 2.18. The minimum atomic E-state index is -0.513. The van der Waals surface area contributed by atoms with E-state index < -0.39 is 11.7 Å². The maximum absolute atomic E-state index is 11.7. The summed E-state index contributed by atoms with van der Waals surface area (Å²) in [5.74, 6) is 0. The predicted octanol–water partition coefficient (Wildman–Crippen LogP) is 3.12. The first-order valence-electron chi connectivity index (χ1n) is 5.85. The molecule has 98 valence electrons. The fraction of sp³-hybridized carbons (Fsp3) is 0.357. The Morgan fingerprint density at radius 3 is 2.50 bits per heavy atom. The van der Waals surface area contributed by atoms with E-state index in [1.54, 1.807) is 11.1 Å². The molecular weight excluding hydrogens is 228 g/mol. The number of hydrazine groups is 1. The smallest absolute Gasteiger partial charge is 0.426 e. The molecule has 1 N–H and O–H groups in total. The van der Waals surface area contributed by atoms with Gasteiger partial charge in [0.05, 0.1) is 12.2 Å². The second-order valence-corrected chi connectivity index (χ2v) is 4.85. The van der Waals surface area contributed by atoms with E-state index in [9.17, 15) is 4.79 Å². The Morgan fingerprint density at radius 2 is 2.00 bits per heavy atom. The van der Waals surface area contributed by atoms with E-state index in [4.69, 9.17) is 4.74 Å². The van der Waals surface area contributed by atoms with Crippen LogP contribution in [0.1, 0.15) is 20.8 Å². The molecule has 1 aromatic rings. The average Bonchev–Trinajstić information content (AvgIpc) is 2.27. The van der Waals surface area contributed by atoms with Gasteiger partial charge in [0, 0.05) is 0 Å². The Kier molecular flexibility index (Phi) is 4.77. The number of hydrogen-bond acceptors (Lipinski definition) is 3. The molecule has 0 bridgehead atoms. The summed E-state index contributed by atoms with van der Waals surface area (Å²) in [6.45, 7) is 9.66. The molecule has 0 spiro atoms. The number of nitrogens with zero attached hydrogens (tertiary/aromatic N) is 1. The number of ether oxygens (including phenoxy) is 1. The third kappa shape index (κ3) is 4.91. The average molecular weight is 248 g/mol. The third-order valence-electron chi connectivity index (χ3n) is 2.00. The zero-order valence-corrected chi connectivity index (χ0v) is 11.1. The lowest BCUT2D eigenvalue weighted by atomic mass is 10.2. The number of hydrogen-bond donors (Lipinski definition) is 1. The van der Waals surface area contributed by atoms with E-state index >= 15 is 0 Å². The molecule has 1 aromatic carbocycles. The molecule has 4 heteroatoms. The zero-order chi connectivity index (χ0) is 13.6. The lowest BCUT2D eigenvalue weighted by Gasteiger charge is -2.26. The first-order valence-corrected chi connectivity index (χ1v) is 5.85. The molecule has 0 aromatic heterocycles. The van der Waals surface area contributed by atoms with Gasteiger partial charge in [0.25, 0.3) is 0 Å². The van der Waals surface area contributed by atoms with Gasteiger partial charge < -0.3 is 4.74 Å². The highest BCUT2D eigenvalue weighted by atomic mass is 16.6. The molecule has 0 radical (unpaired) electrons. The molecule has 0 aliphatic rings. The van der Waals surface area contributed by atoms with Gasteiger partial charge in [-0.3, -0.25) is 5.01 Å². The number of carbonyl (C=O) groups is 1. The molecule has 1 rings (SSSR count). The van der Waals surface area contributed by atoms with Crippen molar-refractivity contribution in [1.29, 1.82) is 0 Å². The van der Waals surface area contributed by atoms with Crippen molar-refractivity contribution in [3.05, 3.63) is 43.0 Å². The molecule has 1 amide bonds. The van der Waals surface area contributed by atoms with Crippen molar-refractivity contribution in [2.45, 2.75) is 26.4 Å². The quantitative estimate of drug-likeness (QED) is 0.657. The van der Waals surface area contributed by atoms with E-state index in [0.29, 0.717) is 6.54 Å². The number of nitrogens with one attached hydrogen (secondary N) is 1. The van der Waals surface area contributed by atoms with Crippen LogP contribution in [0.4, 0.5) is 10.5 Å². The molecule has 18 heavy (non-hydrogen) atoms. The fourth-order valence-corrected chi connectivity index (χ4v) is 1.36. The number of anilines is 1. The van der Waals surface area contributed by atoms with E-state index in [-0.39, 0.29) is 0 Å². The zero-order valence-electron chi connectivity index (χ0n) is 11.1. The van der Waals surface area contributed by atoms with Crippen molar-refractivity contribution >= 4 is 11.8 Å². The summed E-state index contributed by atoms with van der Waals surface area (Å²) in [4.78, 5) is 11.7. The van der Waals surface area contributed by atoms with Crippen molar-refractivity contribution in [3.63, 3.8) is 0 Å².